The van der Waals surface area contributed by atoms with Crippen molar-refractivity contribution in [3.63, 3.8) is 0 Å². The van der Waals surface area contributed by atoms with Gasteiger partial charge in [-0.1, -0.05) is 12.1 Å². The van der Waals surface area contributed by atoms with Gasteiger partial charge < -0.3 is 14.2 Å². The van der Waals surface area contributed by atoms with Crippen LogP contribution >= 0.6 is 0 Å². The molecule has 0 saturated carbocycles. The first-order valence-corrected chi connectivity index (χ1v) is 7.65. The van der Waals surface area contributed by atoms with Crippen molar-refractivity contribution in [1.82, 2.24) is 0 Å². The van der Waals surface area contributed by atoms with Gasteiger partial charge in [0.15, 0.2) is 17.3 Å². The number of carbonyl (C=O) groups is 1. The second-order valence-corrected chi connectivity index (χ2v) is 5.52. The average molecular weight is 312 g/mol. The molecule has 2 aromatic rings. The SMILES string of the molecule is COc1ccc(-c2ccc3c(c2OC)CCCC3=O)cc1OC. The van der Waals surface area contributed by atoms with Crippen LogP contribution in [0.3, 0.4) is 0 Å². The Hall–Kier alpha value is -2.49. The van der Waals surface area contributed by atoms with E-state index in [1.165, 1.54) is 0 Å². The van der Waals surface area contributed by atoms with Crippen LogP contribution in [0.2, 0.25) is 0 Å². The minimum absolute atomic E-state index is 0.198. The van der Waals surface area contributed by atoms with Gasteiger partial charge in [0.2, 0.25) is 0 Å². The van der Waals surface area contributed by atoms with Gasteiger partial charge in [0.25, 0.3) is 0 Å². The zero-order chi connectivity index (χ0) is 16.4. The maximum Gasteiger partial charge on any atom is 0.163 e. The van der Waals surface area contributed by atoms with Gasteiger partial charge in [0.1, 0.15) is 5.75 Å². The molecule has 0 atom stereocenters. The van der Waals surface area contributed by atoms with Crippen molar-refractivity contribution in [3.05, 3.63) is 41.5 Å². The van der Waals surface area contributed by atoms with Gasteiger partial charge in [-0.25, -0.2) is 0 Å². The van der Waals surface area contributed by atoms with Crippen molar-refractivity contribution in [2.75, 3.05) is 21.3 Å². The molecule has 0 N–H and O–H groups in total. The van der Waals surface area contributed by atoms with E-state index in [9.17, 15) is 4.79 Å². The molecule has 1 aliphatic rings. The molecule has 0 spiro atoms. The first-order valence-electron chi connectivity index (χ1n) is 7.65. The van der Waals surface area contributed by atoms with E-state index in [0.29, 0.717) is 17.9 Å². The molecule has 0 unspecified atom stereocenters. The van der Waals surface area contributed by atoms with Gasteiger partial charge in [0, 0.05) is 23.1 Å². The molecule has 0 aromatic heterocycles. The predicted octanol–water partition coefficient (Wildman–Crippen LogP) is 3.90. The van der Waals surface area contributed by atoms with E-state index < -0.39 is 0 Å². The molecule has 0 aliphatic heterocycles. The number of hydrogen-bond donors (Lipinski definition) is 0. The summed E-state index contributed by atoms with van der Waals surface area (Å²) in [5.41, 5.74) is 3.73. The highest BCUT2D eigenvalue weighted by atomic mass is 16.5. The normalized spacial score (nSPS) is 13.4. The number of rotatable bonds is 4. The highest BCUT2D eigenvalue weighted by molar-refractivity contribution is 6.00. The van der Waals surface area contributed by atoms with E-state index in [1.54, 1.807) is 21.3 Å². The quantitative estimate of drug-likeness (QED) is 0.859. The van der Waals surface area contributed by atoms with Crippen LogP contribution in [0.1, 0.15) is 28.8 Å². The van der Waals surface area contributed by atoms with E-state index in [2.05, 4.69) is 0 Å². The maximum absolute atomic E-state index is 12.1. The number of ketones is 1. The molecule has 1 aliphatic carbocycles. The summed E-state index contributed by atoms with van der Waals surface area (Å²) < 4.78 is 16.3. The number of ether oxygens (including phenoxy) is 3. The zero-order valence-electron chi connectivity index (χ0n) is 13.6. The van der Waals surface area contributed by atoms with Gasteiger partial charge in [-0.3, -0.25) is 4.79 Å². The van der Waals surface area contributed by atoms with Crippen molar-refractivity contribution in [2.45, 2.75) is 19.3 Å². The minimum Gasteiger partial charge on any atom is -0.496 e. The Morgan fingerprint density at radius 3 is 2.26 bits per heavy atom. The summed E-state index contributed by atoms with van der Waals surface area (Å²) in [6.07, 6.45) is 2.36. The van der Waals surface area contributed by atoms with Gasteiger partial charge in [-0.15, -0.1) is 0 Å². The summed E-state index contributed by atoms with van der Waals surface area (Å²) in [7, 11) is 4.88. The molecule has 4 nitrogen and oxygen atoms in total. The van der Waals surface area contributed by atoms with Crippen molar-refractivity contribution >= 4 is 5.78 Å². The second kappa shape index (κ2) is 6.32. The monoisotopic (exact) mass is 312 g/mol. The van der Waals surface area contributed by atoms with Gasteiger partial charge in [-0.05, 0) is 36.6 Å². The topological polar surface area (TPSA) is 44.8 Å². The number of fused-ring (bicyclic) bond motifs is 1. The first kappa shape index (κ1) is 15.4. The standard InChI is InChI=1S/C19H20O4/c1-21-17-10-7-12(11-18(17)22-2)13-8-9-14-15(19(13)23-3)5-4-6-16(14)20/h7-11H,4-6H2,1-3H3. The summed E-state index contributed by atoms with van der Waals surface area (Å²) in [6.45, 7) is 0. The lowest BCUT2D eigenvalue weighted by Crippen LogP contribution is -2.12. The molecule has 0 saturated heterocycles. The average Bonchev–Trinajstić information content (AvgIpc) is 2.60. The highest BCUT2D eigenvalue weighted by Crippen LogP contribution is 2.40. The van der Waals surface area contributed by atoms with Crippen molar-refractivity contribution < 1.29 is 19.0 Å². The van der Waals surface area contributed by atoms with Crippen LogP contribution in [0.4, 0.5) is 0 Å². The fraction of sp³-hybridized carbons (Fsp3) is 0.316. The number of benzene rings is 2. The molecule has 0 heterocycles. The number of methoxy groups -OCH3 is 3. The lowest BCUT2D eigenvalue weighted by Gasteiger charge is -2.21. The molecule has 4 heteroatoms. The van der Waals surface area contributed by atoms with Crippen LogP contribution in [0.5, 0.6) is 17.2 Å². The van der Waals surface area contributed by atoms with Crippen LogP contribution < -0.4 is 14.2 Å². The van der Waals surface area contributed by atoms with Crippen molar-refractivity contribution in [3.8, 4) is 28.4 Å². The Bertz CT molecular complexity index is 749. The molecule has 2 aromatic carbocycles. The molecule has 0 radical (unpaired) electrons. The van der Waals surface area contributed by atoms with E-state index in [-0.39, 0.29) is 5.78 Å². The fourth-order valence-corrected chi connectivity index (χ4v) is 3.16. The molecule has 0 fully saturated rings. The Labute approximate surface area is 136 Å². The van der Waals surface area contributed by atoms with Crippen LogP contribution in [0.25, 0.3) is 11.1 Å². The highest BCUT2D eigenvalue weighted by Gasteiger charge is 2.23. The zero-order valence-corrected chi connectivity index (χ0v) is 13.6. The Balaban J connectivity index is 2.15. The van der Waals surface area contributed by atoms with Crippen LogP contribution in [0, 0.1) is 0 Å². The lowest BCUT2D eigenvalue weighted by atomic mass is 9.87. The molecule has 120 valence electrons. The lowest BCUT2D eigenvalue weighted by molar-refractivity contribution is 0.0971. The van der Waals surface area contributed by atoms with E-state index in [0.717, 1.165) is 40.8 Å². The van der Waals surface area contributed by atoms with E-state index in [1.807, 2.05) is 30.3 Å². The number of Topliss-reactive ketones (excluding diaryl/α,β-unsaturated/α-hetero) is 1. The van der Waals surface area contributed by atoms with Crippen molar-refractivity contribution in [1.29, 1.82) is 0 Å². The Morgan fingerprint density at radius 2 is 1.57 bits per heavy atom. The molecular formula is C19H20O4. The summed E-state index contributed by atoms with van der Waals surface area (Å²) in [5, 5.41) is 0. The second-order valence-electron chi connectivity index (χ2n) is 5.52. The summed E-state index contributed by atoms with van der Waals surface area (Å²) in [6, 6.07) is 9.62. The molecular weight excluding hydrogens is 292 g/mol. The number of hydrogen-bond acceptors (Lipinski definition) is 4. The van der Waals surface area contributed by atoms with Gasteiger partial charge in [0.05, 0.1) is 21.3 Å². The third-order valence-electron chi connectivity index (χ3n) is 4.29. The minimum atomic E-state index is 0.198. The van der Waals surface area contributed by atoms with E-state index in [4.69, 9.17) is 14.2 Å². The smallest absolute Gasteiger partial charge is 0.163 e. The van der Waals surface area contributed by atoms with E-state index >= 15 is 0 Å². The molecule has 23 heavy (non-hydrogen) atoms. The first-order chi connectivity index (χ1) is 11.2. The molecule has 0 bridgehead atoms. The summed E-state index contributed by atoms with van der Waals surface area (Å²) in [4.78, 5) is 12.1. The van der Waals surface area contributed by atoms with Gasteiger partial charge in [-0.2, -0.15) is 0 Å². The Morgan fingerprint density at radius 1 is 0.826 bits per heavy atom. The largest absolute Gasteiger partial charge is 0.496 e. The fourth-order valence-electron chi connectivity index (χ4n) is 3.16. The summed E-state index contributed by atoms with van der Waals surface area (Å²) >= 11 is 0. The third-order valence-corrected chi connectivity index (χ3v) is 4.29. The van der Waals surface area contributed by atoms with Crippen LogP contribution in [0.15, 0.2) is 30.3 Å². The van der Waals surface area contributed by atoms with Crippen LogP contribution in [-0.4, -0.2) is 27.1 Å². The third kappa shape index (κ3) is 2.65. The summed E-state index contributed by atoms with van der Waals surface area (Å²) in [5.74, 6) is 2.33. The number of carbonyl (C=O) groups excluding carboxylic acids is 1. The predicted molar refractivity (Wildman–Crippen MR) is 88.8 cm³/mol. The maximum atomic E-state index is 12.1. The van der Waals surface area contributed by atoms with Crippen molar-refractivity contribution in [2.24, 2.45) is 0 Å². The van der Waals surface area contributed by atoms with Gasteiger partial charge >= 0.3 is 0 Å². The molecule has 3 rings (SSSR count). The Kier molecular flexibility index (Phi) is 4.24. The van der Waals surface area contributed by atoms with Crippen LogP contribution in [-0.2, 0) is 6.42 Å². The molecule has 0 amide bonds.